The van der Waals surface area contributed by atoms with Gasteiger partial charge in [-0.1, -0.05) is 81.5 Å². The summed E-state index contributed by atoms with van der Waals surface area (Å²) in [4.78, 5) is 0. The fourth-order valence-electron chi connectivity index (χ4n) is 2.89. The van der Waals surface area contributed by atoms with Crippen molar-refractivity contribution in [1.82, 2.24) is 0 Å². The summed E-state index contributed by atoms with van der Waals surface area (Å²) in [5.41, 5.74) is 5.82. The van der Waals surface area contributed by atoms with Gasteiger partial charge in [-0.2, -0.15) is 0 Å². The zero-order valence-electron chi connectivity index (χ0n) is 14.8. The van der Waals surface area contributed by atoms with Crippen LogP contribution in [0.15, 0.2) is 73.3 Å². The van der Waals surface area contributed by atoms with Crippen LogP contribution in [0.4, 0.5) is 11.4 Å². The molecular weight excluding hydrogens is 292 g/mol. The topological polar surface area (TPSA) is 15.3 Å². The fraction of sp³-hybridized carbons (Fsp3) is 0.364. The normalized spacial score (nSPS) is 11.7. The fourth-order valence-corrected chi connectivity index (χ4v) is 2.89. The van der Waals surface area contributed by atoms with Crippen molar-refractivity contribution in [2.45, 2.75) is 51.5 Å². The summed E-state index contributed by atoms with van der Waals surface area (Å²) in [6.45, 7) is 6.34. The molecule has 24 heavy (non-hydrogen) atoms. The van der Waals surface area contributed by atoms with Crippen molar-refractivity contribution >= 4 is 11.4 Å². The molecule has 2 rings (SSSR count). The molecule has 0 amide bonds. The van der Waals surface area contributed by atoms with Gasteiger partial charge < -0.3 is 0 Å². The Balaban J connectivity index is 2.06. The van der Waals surface area contributed by atoms with Crippen molar-refractivity contribution in [1.29, 1.82) is 0 Å². The highest BCUT2D eigenvalue weighted by Crippen LogP contribution is 2.22. The van der Waals surface area contributed by atoms with E-state index in [0.29, 0.717) is 0 Å². The Morgan fingerprint density at radius 3 is 2.17 bits per heavy atom. The second-order valence-corrected chi connectivity index (χ2v) is 6.19. The van der Waals surface area contributed by atoms with Crippen LogP contribution in [0.3, 0.4) is 0 Å². The number of nitrogens with one attached hydrogen (secondary N) is 1. The molecule has 2 aromatic rings. The molecule has 1 N–H and O–H groups in total. The minimum absolute atomic E-state index is 0.272. The maximum Gasteiger partial charge on any atom is 0.0681 e. The van der Waals surface area contributed by atoms with E-state index >= 15 is 0 Å². The molecule has 1 unspecified atom stereocenters. The Bertz CT molecular complexity index is 565. The molecule has 2 aromatic carbocycles. The number of unbranched alkanes of at least 4 members (excludes halogenated alkanes) is 4. The molecule has 0 aromatic heterocycles. The predicted octanol–water partition coefficient (Wildman–Crippen LogP) is 6.44. The predicted molar refractivity (Wildman–Crippen MR) is 106 cm³/mol. The van der Waals surface area contributed by atoms with E-state index in [9.17, 15) is 0 Å². The van der Waals surface area contributed by atoms with Gasteiger partial charge in [0.1, 0.15) is 0 Å². The Kier molecular flexibility index (Phi) is 7.96. The summed E-state index contributed by atoms with van der Waals surface area (Å²) in [7, 11) is 0. The third kappa shape index (κ3) is 5.77. The summed E-state index contributed by atoms with van der Waals surface area (Å²) in [5.74, 6) is 0. The molecule has 128 valence electrons. The van der Waals surface area contributed by atoms with Crippen LogP contribution in [0, 0.1) is 0 Å². The van der Waals surface area contributed by atoms with E-state index in [1.165, 1.54) is 37.8 Å². The van der Waals surface area contributed by atoms with Gasteiger partial charge in [-0.25, -0.2) is 0 Å². The van der Waals surface area contributed by atoms with Gasteiger partial charge in [0.2, 0.25) is 0 Å². The third-order valence-electron chi connectivity index (χ3n) is 4.26. The van der Waals surface area contributed by atoms with Crippen molar-refractivity contribution in [2.24, 2.45) is 0 Å². The number of hydrogen-bond donors (Lipinski definition) is 1. The highest BCUT2D eigenvalue weighted by atomic mass is 15.5. The molecule has 0 aliphatic rings. The monoisotopic (exact) mass is 322 g/mol. The average molecular weight is 322 g/mol. The largest absolute Gasteiger partial charge is 0.298 e. The first-order valence-corrected chi connectivity index (χ1v) is 9.13. The standard InChI is InChI=1S/C22H30N2/c1-3-5-6-7-12-17-21(4-2)24(22-18-13-9-14-19-22)23-20-15-10-8-11-16-20/h4,8-11,13-16,18-19,21,23H,2-3,5-7,12,17H2,1H3. The lowest BCUT2D eigenvalue weighted by Gasteiger charge is -2.33. The van der Waals surface area contributed by atoms with Crippen molar-refractivity contribution in [2.75, 3.05) is 10.4 Å². The van der Waals surface area contributed by atoms with E-state index in [4.69, 9.17) is 0 Å². The van der Waals surface area contributed by atoms with Crippen molar-refractivity contribution in [3.8, 4) is 0 Å². The minimum Gasteiger partial charge on any atom is -0.298 e. The van der Waals surface area contributed by atoms with Crippen LogP contribution in [0.1, 0.15) is 45.4 Å². The first-order chi connectivity index (χ1) is 11.8. The van der Waals surface area contributed by atoms with Gasteiger partial charge in [0.15, 0.2) is 0 Å². The van der Waals surface area contributed by atoms with Crippen LogP contribution in [-0.4, -0.2) is 6.04 Å². The van der Waals surface area contributed by atoms with Gasteiger partial charge >= 0.3 is 0 Å². The molecule has 0 aliphatic carbocycles. The highest BCUT2D eigenvalue weighted by Gasteiger charge is 2.16. The Morgan fingerprint density at radius 1 is 0.917 bits per heavy atom. The van der Waals surface area contributed by atoms with Gasteiger partial charge in [0.25, 0.3) is 0 Å². The van der Waals surface area contributed by atoms with Gasteiger partial charge in [0.05, 0.1) is 17.4 Å². The Labute approximate surface area is 147 Å². The number of anilines is 2. The molecule has 1 atom stereocenters. The second-order valence-electron chi connectivity index (χ2n) is 6.19. The maximum atomic E-state index is 4.08. The molecule has 0 saturated heterocycles. The molecule has 0 aliphatic heterocycles. The molecule has 0 saturated carbocycles. The molecule has 0 fully saturated rings. The lowest BCUT2D eigenvalue weighted by atomic mass is 10.1. The lowest BCUT2D eigenvalue weighted by molar-refractivity contribution is 0.570. The summed E-state index contributed by atoms with van der Waals surface area (Å²) >= 11 is 0. The quantitative estimate of drug-likeness (QED) is 0.291. The number of hydrogen-bond acceptors (Lipinski definition) is 2. The van der Waals surface area contributed by atoms with Crippen LogP contribution in [-0.2, 0) is 0 Å². The molecular formula is C22H30N2. The van der Waals surface area contributed by atoms with Crippen molar-refractivity contribution in [3.63, 3.8) is 0 Å². The van der Waals surface area contributed by atoms with Crippen LogP contribution in [0.25, 0.3) is 0 Å². The Morgan fingerprint density at radius 2 is 1.54 bits per heavy atom. The van der Waals surface area contributed by atoms with Crippen LogP contribution >= 0.6 is 0 Å². The molecule has 2 heteroatoms. The van der Waals surface area contributed by atoms with Gasteiger partial charge in [-0.3, -0.25) is 10.4 Å². The van der Waals surface area contributed by atoms with Crippen LogP contribution in [0.5, 0.6) is 0 Å². The zero-order chi connectivity index (χ0) is 17.0. The molecule has 0 bridgehead atoms. The smallest absolute Gasteiger partial charge is 0.0681 e. The van der Waals surface area contributed by atoms with E-state index in [0.717, 1.165) is 12.1 Å². The number of benzene rings is 2. The molecule has 0 radical (unpaired) electrons. The second kappa shape index (κ2) is 10.5. The SMILES string of the molecule is C=CC(CCCCCCC)N(Nc1ccccc1)c1ccccc1. The van der Waals surface area contributed by atoms with Gasteiger partial charge in [0, 0.05) is 0 Å². The van der Waals surface area contributed by atoms with E-state index in [1.807, 2.05) is 6.07 Å². The van der Waals surface area contributed by atoms with E-state index < -0.39 is 0 Å². The number of para-hydroxylation sites is 2. The molecule has 2 nitrogen and oxygen atoms in total. The van der Waals surface area contributed by atoms with Crippen molar-refractivity contribution < 1.29 is 0 Å². The first kappa shape index (κ1) is 18.1. The molecule has 0 heterocycles. The summed E-state index contributed by atoms with van der Waals surface area (Å²) < 4.78 is 0. The zero-order valence-corrected chi connectivity index (χ0v) is 14.8. The summed E-state index contributed by atoms with van der Waals surface area (Å²) in [6.07, 6.45) is 9.66. The minimum atomic E-state index is 0.272. The van der Waals surface area contributed by atoms with E-state index in [2.05, 4.69) is 84.6 Å². The van der Waals surface area contributed by atoms with E-state index in [1.54, 1.807) is 0 Å². The molecule has 0 spiro atoms. The Hall–Kier alpha value is -2.22. The summed E-state index contributed by atoms with van der Waals surface area (Å²) in [6, 6.07) is 21.1. The van der Waals surface area contributed by atoms with Crippen LogP contribution in [0.2, 0.25) is 0 Å². The van der Waals surface area contributed by atoms with Gasteiger partial charge in [-0.15, -0.1) is 6.58 Å². The number of nitrogens with zero attached hydrogens (tertiary/aromatic N) is 1. The maximum absolute atomic E-state index is 4.08. The number of rotatable bonds is 11. The first-order valence-electron chi connectivity index (χ1n) is 9.13. The van der Waals surface area contributed by atoms with Gasteiger partial charge in [-0.05, 0) is 30.7 Å². The van der Waals surface area contributed by atoms with Crippen molar-refractivity contribution in [3.05, 3.63) is 73.3 Å². The highest BCUT2D eigenvalue weighted by molar-refractivity contribution is 5.56. The summed E-state index contributed by atoms with van der Waals surface area (Å²) in [5, 5.41) is 2.24. The lowest BCUT2D eigenvalue weighted by Crippen LogP contribution is -2.38. The van der Waals surface area contributed by atoms with E-state index in [-0.39, 0.29) is 6.04 Å². The third-order valence-corrected chi connectivity index (χ3v) is 4.26. The average Bonchev–Trinajstić information content (AvgIpc) is 2.65. The number of hydrazine groups is 1. The van der Waals surface area contributed by atoms with Crippen LogP contribution < -0.4 is 10.4 Å².